The maximum Gasteiger partial charge on any atom is 0.173 e. The minimum absolute atomic E-state index is 0.106. The third-order valence-corrected chi connectivity index (χ3v) is 3.39. The predicted octanol–water partition coefficient (Wildman–Crippen LogP) is 2.49. The highest BCUT2D eigenvalue weighted by Gasteiger charge is 2.16. The highest BCUT2D eigenvalue weighted by atomic mass is 15.5. The Labute approximate surface area is 117 Å². The van der Waals surface area contributed by atoms with Crippen LogP contribution in [0, 0.1) is 0 Å². The van der Waals surface area contributed by atoms with Crippen molar-refractivity contribution in [3.63, 3.8) is 0 Å². The van der Waals surface area contributed by atoms with E-state index >= 15 is 0 Å². The van der Waals surface area contributed by atoms with Gasteiger partial charge in [0, 0.05) is 5.39 Å². The number of aromatic nitrogens is 4. The Morgan fingerprint density at radius 3 is 2.80 bits per heavy atom. The van der Waals surface area contributed by atoms with Crippen molar-refractivity contribution < 1.29 is 0 Å². The molecule has 3 aromatic rings. The summed E-state index contributed by atoms with van der Waals surface area (Å²) in [6.45, 7) is 5.02. The van der Waals surface area contributed by atoms with Crippen LogP contribution in [0.15, 0.2) is 42.5 Å². The van der Waals surface area contributed by atoms with Gasteiger partial charge in [-0.25, -0.2) is 0 Å². The Morgan fingerprint density at radius 1 is 1.15 bits per heavy atom. The van der Waals surface area contributed by atoms with Crippen LogP contribution >= 0.6 is 0 Å². The van der Waals surface area contributed by atoms with Crippen LogP contribution in [0.1, 0.15) is 25.7 Å². The van der Waals surface area contributed by atoms with Crippen molar-refractivity contribution >= 4 is 10.8 Å². The molecule has 0 saturated heterocycles. The molecule has 0 aliphatic rings. The van der Waals surface area contributed by atoms with Crippen molar-refractivity contribution in [2.45, 2.75) is 19.9 Å². The van der Waals surface area contributed by atoms with Crippen LogP contribution in [0.25, 0.3) is 16.5 Å². The van der Waals surface area contributed by atoms with Crippen LogP contribution in [-0.2, 0) is 0 Å². The van der Waals surface area contributed by atoms with Gasteiger partial charge in [-0.15, -0.1) is 5.10 Å². The van der Waals surface area contributed by atoms with Crippen LogP contribution in [-0.4, -0.2) is 26.8 Å². The second-order valence-corrected chi connectivity index (χ2v) is 4.73. The first-order valence-electron chi connectivity index (χ1n) is 6.81. The quantitative estimate of drug-likeness (QED) is 0.789. The summed E-state index contributed by atoms with van der Waals surface area (Å²) in [5, 5.41) is 17.8. The van der Waals surface area contributed by atoms with Crippen LogP contribution in [0.2, 0.25) is 0 Å². The fourth-order valence-corrected chi connectivity index (χ4v) is 2.43. The molecule has 1 N–H and O–H groups in total. The van der Waals surface area contributed by atoms with E-state index in [1.807, 2.05) is 28.9 Å². The molecule has 1 atom stereocenters. The summed E-state index contributed by atoms with van der Waals surface area (Å²) < 4.78 is 1.82. The second-order valence-electron chi connectivity index (χ2n) is 4.73. The van der Waals surface area contributed by atoms with Crippen molar-refractivity contribution in [3.8, 4) is 5.69 Å². The molecule has 102 valence electrons. The molecule has 1 unspecified atom stereocenters. The minimum Gasteiger partial charge on any atom is -0.308 e. The summed E-state index contributed by atoms with van der Waals surface area (Å²) >= 11 is 0. The van der Waals surface area contributed by atoms with E-state index in [2.05, 4.69) is 52.9 Å². The molecule has 0 saturated carbocycles. The van der Waals surface area contributed by atoms with Crippen LogP contribution in [0.4, 0.5) is 0 Å². The van der Waals surface area contributed by atoms with E-state index in [1.165, 1.54) is 5.39 Å². The van der Waals surface area contributed by atoms with Crippen molar-refractivity contribution in [1.29, 1.82) is 0 Å². The van der Waals surface area contributed by atoms with E-state index < -0.39 is 0 Å². The van der Waals surface area contributed by atoms with Gasteiger partial charge in [0.05, 0.1) is 11.7 Å². The lowest BCUT2D eigenvalue weighted by Crippen LogP contribution is -2.21. The number of rotatable bonds is 4. The molecule has 0 amide bonds. The van der Waals surface area contributed by atoms with Gasteiger partial charge in [-0.3, -0.25) is 0 Å². The lowest BCUT2D eigenvalue weighted by molar-refractivity contribution is 0.551. The summed E-state index contributed by atoms with van der Waals surface area (Å²) in [5.74, 6) is 0.822. The molecule has 5 heteroatoms. The predicted molar refractivity (Wildman–Crippen MR) is 78.8 cm³/mol. The third kappa shape index (κ3) is 2.16. The molecule has 1 heterocycles. The molecule has 20 heavy (non-hydrogen) atoms. The van der Waals surface area contributed by atoms with Crippen molar-refractivity contribution in [1.82, 2.24) is 25.5 Å². The zero-order valence-corrected chi connectivity index (χ0v) is 11.6. The summed E-state index contributed by atoms with van der Waals surface area (Å²) in [6.07, 6.45) is 0. The Balaban J connectivity index is 2.15. The van der Waals surface area contributed by atoms with Gasteiger partial charge in [0.25, 0.3) is 0 Å². The lowest BCUT2D eigenvalue weighted by Gasteiger charge is -2.13. The Bertz CT molecular complexity index is 714. The van der Waals surface area contributed by atoms with Gasteiger partial charge in [-0.05, 0) is 35.3 Å². The number of tetrazole rings is 1. The Hall–Kier alpha value is -2.27. The molecule has 1 aromatic heterocycles. The zero-order valence-electron chi connectivity index (χ0n) is 11.6. The Kier molecular flexibility index (Phi) is 3.43. The van der Waals surface area contributed by atoms with Crippen molar-refractivity contribution in [2.24, 2.45) is 0 Å². The smallest absolute Gasteiger partial charge is 0.173 e. The average molecular weight is 267 g/mol. The highest BCUT2D eigenvalue weighted by Crippen LogP contribution is 2.23. The molecule has 0 bridgehead atoms. The minimum atomic E-state index is 0.106. The van der Waals surface area contributed by atoms with Crippen LogP contribution in [0.3, 0.4) is 0 Å². The zero-order chi connectivity index (χ0) is 13.9. The molecular weight excluding hydrogens is 250 g/mol. The van der Waals surface area contributed by atoms with Crippen LogP contribution < -0.4 is 5.32 Å². The van der Waals surface area contributed by atoms with E-state index in [9.17, 15) is 0 Å². The van der Waals surface area contributed by atoms with E-state index in [0.29, 0.717) is 0 Å². The first-order chi connectivity index (χ1) is 9.81. The van der Waals surface area contributed by atoms with Gasteiger partial charge in [0.2, 0.25) is 0 Å². The SMILES string of the molecule is CCNC(C)c1nnnn1-c1cccc2ccccc12. The number of fused-ring (bicyclic) bond motifs is 1. The maximum absolute atomic E-state index is 4.16. The number of benzene rings is 2. The normalized spacial score (nSPS) is 12.7. The van der Waals surface area contributed by atoms with Crippen molar-refractivity contribution in [2.75, 3.05) is 6.54 Å². The molecule has 0 aliphatic carbocycles. The molecule has 0 spiro atoms. The number of nitrogens with zero attached hydrogens (tertiary/aromatic N) is 4. The summed E-state index contributed by atoms with van der Waals surface area (Å²) in [4.78, 5) is 0. The van der Waals surface area contributed by atoms with Gasteiger partial charge in [0.1, 0.15) is 0 Å². The van der Waals surface area contributed by atoms with E-state index in [4.69, 9.17) is 0 Å². The topological polar surface area (TPSA) is 55.6 Å². The van der Waals surface area contributed by atoms with Gasteiger partial charge in [-0.2, -0.15) is 4.68 Å². The number of hydrogen-bond acceptors (Lipinski definition) is 4. The fourth-order valence-electron chi connectivity index (χ4n) is 2.43. The van der Waals surface area contributed by atoms with Gasteiger partial charge in [0.15, 0.2) is 5.82 Å². The molecule has 3 rings (SSSR count). The summed E-state index contributed by atoms with van der Waals surface area (Å²) in [7, 11) is 0. The first kappa shape index (κ1) is 12.7. The molecule has 0 fully saturated rings. The average Bonchev–Trinajstić information content (AvgIpc) is 2.96. The standard InChI is InChI=1S/C15H17N5/c1-3-16-11(2)15-17-18-19-20(15)14-10-6-8-12-7-4-5-9-13(12)14/h4-11,16H,3H2,1-2H3. The fraction of sp³-hybridized carbons (Fsp3) is 0.267. The van der Waals surface area contributed by atoms with Gasteiger partial charge < -0.3 is 5.32 Å². The number of hydrogen-bond donors (Lipinski definition) is 1. The molecular formula is C15H17N5. The molecule has 0 aliphatic heterocycles. The van der Waals surface area contributed by atoms with E-state index in [-0.39, 0.29) is 6.04 Å². The summed E-state index contributed by atoms with van der Waals surface area (Å²) in [5.41, 5.74) is 1.01. The largest absolute Gasteiger partial charge is 0.308 e. The highest BCUT2D eigenvalue weighted by molar-refractivity contribution is 5.90. The van der Waals surface area contributed by atoms with Crippen LogP contribution in [0.5, 0.6) is 0 Å². The second kappa shape index (κ2) is 5.38. The molecule has 5 nitrogen and oxygen atoms in total. The molecule has 2 aromatic carbocycles. The Morgan fingerprint density at radius 2 is 1.95 bits per heavy atom. The van der Waals surface area contributed by atoms with Gasteiger partial charge in [-0.1, -0.05) is 43.3 Å². The first-order valence-corrected chi connectivity index (χ1v) is 6.81. The van der Waals surface area contributed by atoms with E-state index in [1.54, 1.807) is 0 Å². The third-order valence-electron chi connectivity index (χ3n) is 3.39. The van der Waals surface area contributed by atoms with Gasteiger partial charge >= 0.3 is 0 Å². The lowest BCUT2D eigenvalue weighted by atomic mass is 10.1. The maximum atomic E-state index is 4.16. The van der Waals surface area contributed by atoms with Crippen molar-refractivity contribution in [3.05, 3.63) is 48.3 Å². The molecule has 0 radical (unpaired) electrons. The monoisotopic (exact) mass is 267 g/mol. The number of nitrogens with one attached hydrogen (secondary N) is 1. The summed E-state index contributed by atoms with van der Waals surface area (Å²) in [6, 6.07) is 14.5. The van der Waals surface area contributed by atoms with E-state index in [0.717, 1.165) is 23.4 Å².